The van der Waals surface area contributed by atoms with Gasteiger partial charge in [-0.1, -0.05) is 30.5 Å². The van der Waals surface area contributed by atoms with Crippen molar-refractivity contribution in [1.29, 1.82) is 0 Å². The average Bonchev–Trinajstić information content (AvgIpc) is 2.52. The van der Waals surface area contributed by atoms with Crippen LogP contribution in [0, 0.1) is 18.8 Å². The zero-order valence-corrected chi connectivity index (χ0v) is 12.4. The van der Waals surface area contributed by atoms with E-state index in [4.69, 9.17) is 0 Å². The van der Waals surface area contributed by atoms with Crippen LogP contribution in [0.15, 0.2) is 24.3 Å². The molecule has 0 spiro atoms. The Labute approximate surface area is 128 Å². The molecule has 0 bridgehead atoms. The first-order valence-electron chi connectivity index (χ1n) is 7.37. The van der Waals surface area contributed by atoms with E-state index >= 15 is 0 Å². The van der Waals surface area contributed by atoms with Crippen LogP contribution in [0.5, 0.6) is 0 Å². The number of hydrogen-bond donors (Lipinski definition) is 2. The van der Waals surface area contributed by atoms with Gasteiger partial charge in [0.15, 0.2) is 0 Å². The molecule has 2 atom stereocenters. The molecule has 1 fully saturated rings. The molecule has 1 aliphatic carbocycles. The molecule has 1 aromatic rings. The standard InChI is InChI=1S/C16H20N2O4/c1-10-5-4-6-11(9-10)14(19)17-18-15(20)12-7-2-3-8-13(12)16(21)22/h4-6,9,12-13H,2-3,7-8H2,1H3,(H,17,19)(H,18,20)(H,21,22)/p-1/t12-,13+/m1/s1. The van der Waals surface area contributed by atoms with E-state index in [9.17, 15) is 19.5 Å². The summed E-state index contributed by atoms with van der Waals surface area (Å²) in [6.07, 6.45) is 2.50. The molecule has 2 rings (SSSR count). The maximum Gasteiger partial charge on any atom is 0.269 e. The maximum atomic E-state index is 12.1. The van der Waals surface area contributed by atoms with E-state index in [1.165, 1.54) is 0 Å². The lowest BCUT2D eigenvalue weighted by Crippen LogP contribution is -2.49. The number of aliphatic carboxylic acids is 1. The minimum atomic E-state index is -1.20. The van der Waals surface area contributed by atoms with Crippen molar-refractivity contribution in [2.24, 2.45) is 11.8 Å². The van der Waals surface area contributed by atoms with Crippen LogP contribution >= 0.6 is 0 Å². The topological polar surface area (TPSA) is 98.3 Å². The Morgan fingerprint density at radius 1 is 1.09 bits per heavy atom. The van der Waals surface area contributed by atoms with Gasteiger partial charge in [0.1, 0.15) is 0 Å². The molecule has 0 aliphatic heterocycles. The average molecular weight is 303 g/mol. The van der Waals surface area contributed by atoms with Crippen molar-refractivity contribution in [1.82, 2.24) is 10.9 Å². The molecule has 0 unspecified atom stereocenters. The minimum Gasteiger partial charge on any atom is -0.550 e. The van der Waals surface area contributed by atoms with Crippen molar-refractivity contribution in [3.8, 4) is 0 Å². The second-order valence-corrected chi connectivity index (χ2v) is 5.63. The molecule has 1 aromatic carbocycles. The Balaban J connectivity index is 1.94. The molecule has 0 saturated heterocycles. The van der Waals surface area contributed by atoms with Gasteiger partial charge in [0.2, 0.25) is 5.91 Å². The van der Waals surface area contributed by atoms with Gasteiger partial charge in [-0.05, 0) is 31.9 Å². The number of aryl methyl sites for hydroxylation is 1. The molecule has 0 heterocycles. The van der Waals surface area contributed by atoms with Crippen LogP contribution in [0.4, 0.5) is 0 Å². The molecular weight excluding hydrogens is 284 g/mol. The largest absolute Gasteiger partial charge is 0.550 e. The maximum absolute atomic E-state index is 12.1. The highest BCUT2D eigenvalue weighted by molar-refractivity contribution is 5.96. The lowest BCUT2D eigenvalue weighted by Gasteiger charge is -2.31. The molecule has 0 radical (unpaired) electrons. The summed E-state index contributed by atoms with van der Waals surface area (Å²) in [4.78, 5) is 35.1. The monoisotopic (exact) mass is 303 g/mol. The number of benzene rings is 1. The van der Waals surface area contributed by atoms with Crippen molar-refractivity contribution < 1.29 is 19.5 Å². The second kappa shape index (κ2) is 7.06. The fourth-order valence-electron chi connectivity index (χ4n) is 2.80. The number of amides is 2. The number of nitrogens with one attached hydrogen (secondary N) is 2. The summed E-state index contributed by atoms with van der Waals surface area (Å²) in [6, 6.07) is 6.95. The van der Waals surface area contributed by atoms with Crippen molar-refractivity contribution in [3.63, 3.8) is 0 Å². The number of carboxylic acid groups (broad SMARTS) is 1. The highest BCUT2D eigenvalue weighted by Crippen LogP contribution is 2.29. The zero-order chi connectivity index (χ0) is 16.1. The van der Waals surface area contributed by atoms with Crippen LogP contribution in [0.25, 0.3) is 0 Å². The Hall–Kier alpha value is -2.37. The third-order valence-electron chi connectivity index (χ3n) is 3.98. The van der Waals surface area contributed by atoms with Gasteiger partial charge in [0.05, 0.1) is 0 Å². The molecule has 6 heteroatoms. The Bertz CT molecular complexity index is 585. The minimum absolute atomic E-state index is 0.431. The van der Waals surface area contributed by atoms with Crippen LogP contribution in [0.1, 0.15) is 41.6 Å². The van der Waals surface area contributed by atoms with Crippen molar-refractivity contribution in [3.05, 3.63) is 35.4 Å². The Morgan fingerprint density at radius 2 is 1.77 bits per heavy atom. The van der Waals surface area contributed by atoms with Gasteiger partial charge in [0.25, 0.3) is 5.91 Å². The molecule has 2 N–H and O–H groups in total. The van der Waals surface area contributed by atoms with E-state index < -0.39 is 29.6 Å². The first-order chi connectivity index (χ1) is 10.5. The van der Waals surface area contributed by atoms with Crippen LogP contribution in [0.3, 0.4) is 0 Å². The van der Waals surface area contributed by atoms with E-state index in [2.05, 4.69) is 10.9 Å². The van der Waals surface area contributed by atoms with Crippen LogP contribution < -0.4 is 16.0 Å². The summed E-state index contributed by atoms with van der Waals surface area (Å²) in [5.41, 5.74) is 6.02. The number of hydrazine groups is 1. The summed E-state index contributed by atoms with van der Waals surface area (Å²) in [6.45, 7) is 1.86. The van der Waals surface area contributed by atoms with Crippen LogP contribution in [0.2, 0.25) is 0 Å². The number of hydrogen-bond acceptors (Lipinski definition) is 4. The SMILES string of the molecule is Cc1cccc(C(=O)NNC(=O)[C@@H]2CCCC[C@@H]2C(=O)[O-])c1. The molecule has 0 aromatic heterocycles. The third kappa shape index (κ3) is 3.84. The van der Waals surface area contributed by atoms with Gasteiger partial charge in [-0.25, -0.2) is 0 Å². The Kier molecular flexibility index (Phi) is 5.14. The molecule has 22 heavy (non-hydrogen) atoms. The summed E-state index contributed by atoms with van der Waals surface area (Å²) in [5, 5.41) is 11.1. The summed E-state index contributed by atoms with van der Waals surface area (Å²) in [7, 11) is 0. The van der Waals surface area contributed by atoms with Crippen LogP contribution in [-0.4, -0.2) is 17.8 Å². The lowest BCUT2D eigenvalue weighted by atomic mass is 9.79. The number of carbonyl (C=O) groups excluding carboxylic acids is 3. The fourth-order valence-corrected chi connectivity index (χ4v) is 2.80. The van der Waals surface area contributed by atoms with E-state index in [1.54, 1.807) is 18.2 Å². The van der Waals surface area contributed by atoms with Gasteiger partial charge in [-0.3, -0.25) is 20.4 Å². The predicted octanol–water partition coefficient (Wildman–Crippen LogP) is 0.312. The molecule has 118 valence electrons. The lowest BCUT2D eigenvalue weighted by molar-refractivity contribution is -0.314. The fraction of sp³-hybridized carbons (Fsp3) is 0.438. The Morgan fingerprint density at radius 3 is 2.41 bits per heavy atom. The summed E-state index contributed by atoms with van der Waals surface area (Å²) in [5.74, 6) is -3.56. The van der Waals surface area contributed by atoms with Gasteiger partial charge in [-0.2, -0.15) is 0 Å². The third-order valence-corrected chi connectivity index (χ3v) is 3.98. The summed E-state index contributed by atoms with van der Waals surface area (Å²) >= 11 is 0. The summed E-state index contributed by atoms with van der Waals surface area (Å²) < 4.78 is 0. The highest BCUT2D eigenvalue weighted by Gasteiger charge is 2.31. The number of rotatable bonds is 3. The molecule has 6 nitrogen and oxygen atoms in total. The van der Waals surface area contributed by atoms with E-state index in [-0.39, 0.29) is 0 Å². The molecule has 1 saturated carbocycles. The second-order valence-electron chi connectivity index (χ2n) is 5.63. The van der Waals surface area contributed by atoms with E-state index in [0.29, 0.717) is 18.4 Å². The van der Waals surface area contributed by atoms with Gasteiger partial charge in [-0.15, -0.1) is 0 Å². The van der Waals surface area contributed by atoms with E-state index in [1.807, 2.05) is 13.0 Å². The van der Waals surface area contributed by atoms with Crippen molar-refractivity contribution in [2.45, 2.75) is 32.6 Å². The first kappa shape index (κ1) is 16.0. The van der Waals surface area contributed by atoms with Crippen molar-refractivity contribution in [2.75, 3.05) is 0 Å². The quantitative estimate of drug-likeness (QED) is 0.785. The number of carboxylic acids is 1. The smallest absolute Gasteiger partial charge is 0.269 e. The zero-order valence-electron chi connectivity index (χ0n) is 12.4. The van der Waals surface area contributed by atoms with Crippen molar-refractivity contribution >= 4 is 17.8 Å². The van der Waals surface area contributed by atoms with E-state index in [0.717, 1.165) is 18.4 Å². The normalized spacial score (nSPS) is 21.0. The first-order valence-corrected chi connectivity index (χ1v) is 7.37. The van der Waals surface area contributed by atoms with Gasteiger partial charge < -0.3 is 9.90 Å². The van der Waals surface area contributed by atoms with Gasteiger partial charge in [0, 0.05) is 23.4 Å². The number of carbonyl (C=O) groups is 3. The predicted molar refractivity (Wildman–Crippen MR) is 77.2 cm³/mol. The molecule has 2 amide bonds. The highest BCUT2D eigenvalue weighted by atomic mass is 16.4. The molecule has 1 aliphatic rings. The molecular formula is C16H19N2O4-. The van der Waals surface area contributed by atoms with Crippen LogP contribution in [-0.2, 0) is 9.59 Å². The van der Waals surface area contributed by atoms with Gasteiger partial charge >= 0.3 is 0 Å².